The van der Waals surface area contributed by atoms with E-state index in [1.54, 1.807) is 12.1 Å². The second-order valence-electron chi connectivity index (χ2n) is 4.91. The number of nitrogens with zero attached hydrogens (tertiary/aromatic N) is 1. The van der Waals surface area contributed by atoms with Crippen LogP contribution in [0.4, 0.5) is 4.39 Å². The molecule has 1 aromatic heterocycles. The molecular weight excluding hydrogens is 287 g/mol. The van der Waals surface area contributed by atoms with Gasteiger partial charge in [0.05, 0.1) is 6.54 Å². The summed E-state index contributed by atoms with van der Waals surface area (Å²) >= 11 is 0. The van der Waals surface area contributed by atoms with Gasteiger partial charge in [-0.2, -0.15) is 0 Å². The van der Waals surface area contributed by atoms with Crippen LogP contribution in [-0.2, 0) is 6.54 Å². The molecule has 0 saturated heterocycles. The van der Waals surface area contributed by atoms with Crippen molar-refractivity contribution in [3.05, 3.63) is 68.9 Å². The molecule has 2 aromatic rings. The first-order valence-electron chi connectivity index (χ1n) is 6.63. The highest BCUT2D eigenvalue weighted by atomic mass is 19.1. The van der Waals surface area contributed by atoms with Crippen molar-refractivity contribution in [2.24, 2.45) is 0 Å². The molecule has 1 amide bonds. The average molecular weight is 302 g/mol. The van der Waals surface area contributed by atoms with Crippen molar-refractivity contribution >= 4 is 12.2 Å². The SMILES string of the molecule is CNC(=O)c1cc(C=O)cn(Cc2cc(C)ccc2F)c1=O. The molecule has 0 bridgehead atoms. The van der Waals surface area contributed by atoms with Crippen LogP contribution in [0.2, 0.25) is 0 Å². The van der Waals surface area contributed by atoms with Crippen molar-refractivity contribution in [2.45, 2.75) is 13.5 Å². The summed E-state index contributed by atoms with van der Waals surface area (Å²) in [5.41, 5.74) is 0.604. The zero-order chi connectivity index (χ0) is 16.3. The lowest BCUT2D eigenvalue weighted by molar-refractivity contribution is 0.0961. The Morgan fingerprint density at radius 1 is 1.36 bits per heavy atom. The zero-order valence-electron chi connectivity index (χ0n) is 12.2. The zero-order valence-corrected chi connectivity index (χ0v) is 12.2. The third-order valence-corrected chi connectivity index (χ3v) is 3.26. The number of aryl methyl sites for hydroxylation is 1. The molecule has 1 heterocycles. The fourth-order valence-corrected chi connectivity index (χ4v) is 2.15. The summed E-state index contributed by atoms with van der Waals surface area (Å²) in [4.78, 5) is 35.0. The molecule has 22 heavy (non-hydrogen) atoms. The Kier molecular flexibility index (Phi) is 4.50. The summed E-state index contributed by atoms with van der Waals surface area (Å²) < 4.78 is 15.0. The number of benzene rings is 1. The van der Waals surface area contributed by atoms with E-state index in [4.69, 9.17) is 0 Å². The van der Waals surface area contributed by atoms with E-state index in [2.05, 4.69) is 5.32 Å². The highest BCUT2D eigenvalue weighted by Gasteiger charge is 2.14. The van der Waals surface area contributed by atoms with Gasteiger partial charge < -0.3 is 9.88 Å². The number of pyridine rings is 1. The van der Waals surface area contributed by atoms with Gasteiger partial charge in [-0.3, -0.25) is 14.4 Å². The predicted octanol–water partition coefficient (Wildman–Crippen LogP) is 1.52. The van der Waals surface area contributed by atoms with E-state index in [1.807, 2.05) is 6.92 Å². The molecule has 2 rings (SSSR count). The van der Waals surface area contributed by atoms with Crippen molar-refractivity contribution in [1.82, 2.24) is 9.88 Å². The number of halogens is 1. The summed E-state index contributed by atoms with van der Waals surface area (Å²) in [6.07, 6.45) is 1.85. The fourth-order valence-electron chi connectivity index (χ4n) is 2.15. The Morgan fingerprint density at radius 2 is 2.09 bits per heavy atom. The van der Waals surface area contributed by atoms with Gasteiger partial charge in [-0.1, -0.05) is 17.7 Å². The van der Waals surface area contributed by atoms with Crippen LogP contribution >= 0.6 is 0 Å². The third kappa shape index (κ3) is 3.11. The number of carbonyl (C=O) groups is 2. The molecule has 0 unspecified atom stereocenters. The van der Waals surface area contributed by atoms with Crippen molar-refractivity contribution in [3.8, 4) is 0 Å². The lowest BCUT2D eigenvalue weighted by atomic mass is 10.1. The van der Waals surface area contributed by atoms with Crippen LogP contribution in [0.25, 0.3) is 0 Å². The molecular formula is C16H15FN2O3. The van der Waals surface area contributed by atoms with Gasteiger partial charge in [-0.15, -0.1) is 0 Å². The molecule has 0 spiro atoms. The third-order valence-electron chi connectivity index (χ3n) is 3.26. The largest absolute Gasteiger partial charge is 0.355 e. The summed E-state index contributed by atoms with van der Waals surface area (Å²) in [7, 11) is 1.39. The first-order chi connectivity index (χ1) is 10.5. The highest BCUT2D eigenvalue weighted by Crippen LogP contribution is 2.11. The molecule has 0 saturated carbocycles. The number of aldehydes is 1. The standard InChI is InChI=1S/C16H15FN2O3/c1-10-3-4-14(17)12(5-10)8-19-7-11(9-20)6-13(16(19)22)15(21)18-2/h3-7,9H,8H2,1-2H3,(H,18,21). The number of aromatic nitrogens is 1. The lowest BCUT2D eigenvalue weighted by Gasteiger charge is -2.10. The second-order valence-corrected chi connectivity index (χ2v) is 4.91. The van der Waals surface area contributed by atoms with Gasteiger partial charge in [-0.05, 0) is 19.1 Å². The predicted molar refractivity (Wildman–Crippen MR) is 79.7 cm³/mol. The van der Waals surface area contributed by atoms with Gasteiger partial charge in [0.1, 0.15) is 11.4 Å². The molecule has 1 N–H and O–H groups in total. The summed E-state index contributed by atoms with van der Waals surface area (Å²) in [6, 6.07) is 5.78. The van der Waals surface area contributed by atoms with Crippen LogP contribution in [0.3, 0.4) is 0 Å². The molecule has 0 aliphatic rings. The maximum Gasteiger partial charge on any atom is 0.263 e. The van der Waals surface area contributed by atoms with Crippen LogP contribution in [0.5, 0.6) is 0 Å². The van der Waals surface area contributed by atoms with Gasteiger partial charge in [-0.25, -0.2) is 4.39 Å². The quantitative estimate of drug-likeness (QED) is 0.871. The maximum absolute atomic E-state index is 13.8. The van der Waals surface area contributed by atoms with E-state index in [9.17, 15) is 18.8 Å². The number of carbonyl (C=O) groups excluding carboxylic acids is 2. The van der Waals surface area contributed by atoms with Crippen LogP contribution in [0.15, 0.2) is 35.3 Å². The van der Waals surface area contributed by atoms with Crippen molar-refractivity contribution in [2.75, 3.05) is 7.05 Å². The van der Waals surface area contributed by atoms with Gasteiger partial charge in [0.2, 0.25) is 0 Å². The Bertz CT molecular complexity index is 796. The second kappa shape index (κ2) is 6.34. The average Bonchev–Trinajstić information content (AvgIpc) is 2.52. The molecule has 1 aromatic carbocycles. The number of nitrogens with one attached hydrogen (secondary N) is 1. The van der Waals surface area contributed by atoms with Gasteiger partial charge in [0.25, 0.3) is 11.5 Å². The number of rotatable bonds is 4. The molecule has 0 aliphatic heterocycles. The van der Waals surface area contributed by atoms with Crippen LogP contribution in [0, 0.1) is 12.7 Å². The first kappa shape index (κ1) is 15.6. The first-order valence-corrected chi connectivity index (χ1v) is 6.63. The van der Waals surface area contributed by atoms with E-state index in [1.165, 1.54) is 25.4 Å². The topological polar surface area (TPSA) is 68.2 Å². The molecule has 6 heteroatoms. The summed E-state index contributed by atoms with van der Waals surface area (Å²) in [5.74, 6) is -1.04. The lowest BCUT2D eigenvalue weighted by Crippen LogP contribution is -2.32. The van der Waals surface area contributed by atoms with Crippen LogP contribution in [-0.4, -0.2) is 23.8 Å². The Morgan fingerprint density at radius 3 is 2.73 bits per heavy atom. The molecule has 5 nitrogen and oxygen atoms in total. The van der Waals surface area contributed by atoms with Crippen molar-refractivity contribution < 1.29 is 14.0 Å². The van der Waals surface area contributed by atoms with Crippen molar-refractivity contribution in [3.63, 3.8) is 0 Å². The van der Waals surface area contributed by atoms with E-state index in [-0.39, 0.29) is 17.7 Å². The minimum absolute atomic E-state index is 0.0575. The van der Waals surface area contributed by atoms with Gasteiger partial charge in [0, 0.05) is 24.4 Å². The van der Waals surface area contributed by atoms with E-state index in [0.717, 1.165) is 10.1 Å². The fraction of sp³-hybridized carbons (Fsp3) is 0.188. The highest BCUT2D eigenvalue weighted by molar-refractivity contribution is 5.95. The van der Waals surface area contributed by atoms with E-state index < -0.39 is 17.3 Å². The normalized spacial score (nSPS) is 10.3. The Hall–Kier alpha value is -2.76. The van der Waals surface area contributed by atoms with E-state index in [0.29, 0.717) is 11.8 Å². The monoisotopic (exact) mass is 302 g/mol. The molecule has 0 atom stereocenters. The van der Waals surface area contributed by atoms with Crippen LogP contribution in [0.1, 0.15) is 31.8 Å². The summed E-state index contributed by atoms with van der Waals surface area (Å²) in [6.45, 7) is 1.75. The van der Waals surface area contributed by atoms with Crippen LogP contribution < -0.4 is 10.9 Å². The van der Waals surface area contributed by atoms with Crippen molar-refractivity contribution in [1.29, 1.82) is 0 Å². The number of amides is 1. The molecule has 114 valence electrons. The molecule has 0 aliphatic carbocycles. The summed E-state index contributed by atoms with van der Waals surface area (Å²) in [5, 5.41) is 2.34. The molecule has 0 radical (unpaired) electrons. The number of hydrogen-bond acceptors (Lipinski definition) is 3. The smallest absolute Gasteiger partial charge is 0.263 e. The minimum atomic E-state index is -0.591. The van der Waals surface area contributed by atoms with Gasteiger partial charge >= 0.3 is 0 Å². The minimum Gasteiger partial charge on any atom is -0.355 e. The number of hydrogen-bond donors (Lipinski definition) is 1. The maximum atomic E-state index is 13.8. The van der Waals surface area contributed by atoms with Gasteiger partial charge in [0.15, 0.2) is 6.29 Å². The Labute approximate surface area is 126 Å². The van der Waals surface area contributed by atoms with E-state index >= 15 is 0 Å². The molecule has 0 fully saturated rings. The Balaban J connectivity index is 2.55.